The second-order valence-corrected chi connectivity index (χ2v) is 7.60. The van der Waals surface area contributed by atoms with Crippen molar-refractivity contribution in [1.82, 2.24) is 15.5 Å². The maximum atomic E-state index is 12.2. The molecule has 0 bridgehead atoms. The van der Waals surface area contributed by atoms with Crippen molar-refractivity contribution in [2.45, 2.75) is 25.8 Å². The summed E-state index contributed by atoms with van der Waals surface area (Å²) in [5, 5.41) is 6.87. The molecule has 0 saturated carbocycles. The quantitative estimate of drug-likeness (QED) is 0.725. The van der Waals surface area contributed by atoms with Crippen LogP contribution in [0.1, 0.15) is 25.0 Å². The van der Waals surface area contributed by atoms with E-state index in [1.807, 2.05) is 43.4 Å². The number of benzene rings is 1. The van der Waals surface area contributed by atoms with Gasteiger partial charge in [0.05, 0.1) is 13.1 Å². The Labute approximate surface area is 166 Å². The number of likely N-dealkylation sites (tertiary alicyclic amines) is 1. The zero-order chi connectivity index (χ0) is 19.1. The Hall–Kier alpha value is -1.82. The third-order valence-electron chi connectivity index (χ3n) is 5.13. The summed E-state index contributed by atoms with van der Waals surface area (Å²) in [6.07, 6.45) is 3.58. The molecule has 1 fully saturated rings. The van der Waals surface area contributed by atoms with E-state index in [2.05, 4.69) is 15.5 Å². The fourth-order valence-corrected chi connectivity index (χ4v) is 3.59. The van der Waals surface area contributed by atoms with E-state index in [0.29, 0.717) is 18.1 Å². The number of piperidine rings is 1. The van der Waals surface area contributed by atoms with Gasteiger partial charge in [0, 0.05) is 10.6 Å². The van der Waals surface area contributed by atoms with E-state index in [4.69, 9.17) is 16.0 Å². The number of carbonyl (C=O) groups is 1. The van der Waals surface area contributed by atoms with Crippen molar-refractivity contribution in [3.63, 3.8) is 0 Å². The van der Waals surface area contributed by atoms with Gasteiger partial charge in [-0.2, -0.15) is 0 Å². The number of nitrogens with zero attached hydrogens (tertiary/aromatic N) is 1. The first-order valence-electron chi connectivity index (χ1n) is 9.62. The van der Waals surface area contributed by atoms with Gasteiger partial charge in [0.25, 0.3) is 0 Å². The van der Waals surface area contributed by atoms with Crippen molar-refractivity contribution >= 4 is 17.5 Å². The predicted molar refractivity (Wildman–Crippen MR) is 109 cm³/mol. The number of carbonyl (C=O) groups excluding carboxylic acids is 1. The van der Waals surface area contributed by atoms with Gasteiger partial charge in [-0.05, 0) is 88.3 Å². The lowest BCUT2D eigenvalue weighted by molar-refractivity contribution is -0.122. The molecule has 5 nitrogen and oxygen atoms in total. The molecule has 1 amide bonds. The van der Waals surface area contributed by atoms with Gasteiger partial charge in [-0.25, -0.2) is 0 Å². The Morgan fingerprint density at radius 1 is 1.19 bits per heavy atom. The molecule has 2 heterocycles. The average Bonchev–Trinajstić information content (AvgIpc) is 3.15. The summed E-state index contributed by atoms with van der Waals surface area (Å²) >= 11 is 5.91. The van der Waals surface area contributed by atoms with Crippen LogP contribution in [0.2, 0.25) is 5.02 Å². The molecule has 27 heavy (non-hydrogen) atoms. The van der Waals surface area contributed by atoms with Crippen LogP contribution in [0.3, 0.4) is 0 Å². The van der Waals surface area contributed by atoms with Crippen LogP contribution in [0.5, 0.6) is 0 Å². The molecule has 1 saturated heterocycles. The summed E-state index contributed by atoms with van der Waals surface area (Å²) in [7, 11) is 2.00. The molecule has 146 valence electrons. The van der Waals surface area contributed by atoms with Gasteiger partial charge in [-0.15, -0.1) is 0 Å². The van der Waals surface area contributed by atoms with Crippen molar-refractivity contribution in [3.8, 4) is 11.3 Å². The Bertz CT molecular complexity index is 721. The zero-order valence-electron chi connectivity index (χ0n) is 15.8. The van der Waals surface area contributed by atoms with Crippen LogP contribution < -0.4 is 10.6 Å². The molecule has 0 unspecified atom stereocenters. The second kappa shape index (κ2) is 9.93. The summed E-state index contributed by atoms with van der Waals surface area (Å²) in [6, 6.07) is 11.3. The molecule has 0 atom stereocenters. The number of hydrogen-bond acceptors (Lipinski definition) is 4. The van der Waals surface area contributed by atoms with Gasteiger partial charge in [0.2, 0.25) is 5.91 Å². The number of furan rings is 1. The highest BCUT2D eigenvalue weighted by molar-refractivity contribution is 6.30. The van der Waals surface area contributed by atoms with Crippen molar-refractivity contribution in [1.29, 1.82) is 0 Å². The summed E-state index contributed by atoms with van der Waals surface area (Å²) in [5.41, 5.74) is 0.970. The van der Waals surface area contributed by atoms with Crippen LogP contribution >= 0.6 is 11.6 Å². The SMILES string of the molecule is CNCCC1CCN(CC(=O)NCc2ccc(-c3ccc(Cl)cc3)o2)CC1. The number of hydrogen-bond donors (Lipinski definition) is 2. The molecule has 1 aliphatic heterocycles. The first kappa shape index (κ1) is 19.9. The highest BCUT2D eigenvalue weighted by Gasteiger charge is 2.20. The van der Waals surface area contributed by atoms with E-state index in [0.717, 1.165) is 42.6 Å². The number of halogens is 1. The largest absolute Gasteiger partial charge is 0.459 e. The normalized spacial score (nSPS) is 15.8. The fraction of sp³-hybridized carbons (Fsp3) is 0.476. The van der Waals surface area contributed by atoms with Crippen molar-refractivity contribution in [2.75, 3.05) is 33.2 Å². The Balaban J connectivity index is 1.40. The van der Waals surface area contributed by atoms with E-state index in [-0.39, 0.29) is 5.91 Å². The summed E-state index contributed by atoms with van der Waals surface area (Å²) in [5.74, 6) is 2.36. The molecule has 0 spiro atoms. The first-order chi connectivity index (χ1) is 13.1. The zero-order valence-corrected chi connectivity index (χ0v) is 16.6. The van der Waals surface area contributed by atoms with Crippen molar-refractivity contribution in [3.05, 3.63) is 47.2 Å². The monoisotopic (exact) mass is 389 g/mol. The number of rotatable bonds is 8. The Kier molecular flexibility index (Phi) is 7.33. The Morgan fingerprint density at radius 2 is 1.93 bits per heavy atom. The van der Waals surface area contributed by atoms with E-state index in [1.54, 1.807) is 0 Å². The third kappa shape index (κ3) is 6.09. The molecule has 1 aliphatic rings. The second-order valence-electron chi connectivity index (χ2n) is 7.16. The molecular weight excluding hydrogens is 362 g/mol. The molecule has 0 aliphatic carbocycles. The van der Waals surface area contributed by atoms with Gasteiger partial charge in [0.15, 0.2) is 0 Å². The van der Waals surface area contributed by atoms with Crippen LogP contribution in [0.4, 0.5) is 0 Å². The summed E-state index contributed by atoms with van der Waals surface area (Å²) in [4.78, 5) is 14.5. The van der Waals surface area contributed by atoms with Gasteiger partial charge < -0.3 is 15.1 Å². The van der Waals surface area contributed by atoms with Crippen LogP contribution in [0, 0.1) is 5.92 Å². The molecule has 1 aromatic heterocycles. The fourth-order valence-electron chi connectivity index (χ4n) is 3.47. The standard InChI is InChI=1S/C21H28ClN3O2/c1-23-11-8-16-9-12-25(13-10-16)15-21(26)24-14-19-6-7-20(27-19)17-2-4-18(22)5-3-17/h2-7,16,23H,8-15H2,1H3,(H,24,26). The van der Waals surface area contributed by atoms with E-state index >= 15 is 0 Å². The van der Waals surface area contributed by atoms with Crippen LogP contribution in [0.25, 0.3) is 11.3 Å². The van der Waals surface area contributed by atoms with E-state index < -0.39 is 0 Å². The lowest BCUT2D eigenvalue weighted by Crippen LogP contribution is -2.41. The lowest BCUT2D eigenvalue weighted by Gasteiger charge is -2.31. The van der Waals surface area contributed by atoms with E-state index in [9.17, 15) is 4.79 Å². The van der Waals surface area contributed by atoms with Gasteiger partial charge in [-0.3, -0.25) is 9.69 Å². The Morgan fingerprint density at radius 3 is 2.63 bits per heavy atom. The average molecular weight is 390 g/mol. The van der Waals surface area contributed by atoms with Gasteiger partial charge >= 0.3 is 0 Å². The number of nitrogens with one attached hydrogen (secondary N) is 2. The topological polar surface area (TPSA) is 57.5 Å². The lowest BCUT2D eigenvalue weighted by atomic mass is 9.93. The van der Waals surface area contributed by atoms with E-state index in [1.165, 1.54) is 19.3 Å². The number of amides is 1. The molecular formula is C21H28ClN3O2. The molecule has 2 N–H and O–H groups in total. The molecule has 0 radical (unpaired) electrons. The maximum Gasteiger partial charge on any atom is 0.234 e. The summed E-state index contributed by atoms with van der Waals surface area (Å²) in [6.45, 7) is 3.95. The third-order valence-corrected chi connectivity index (χ3v) is 5.38. The van der Waals surface area contributed by atoms with Gasteiger partial charge in [-0.1, -0.05) is 11.6 Å². The molecule has 6 heteroatoms. The minimum atomic E-state index is 0.0492. The minimum Gasteiger partial charge on any atom is -0.459 e. The van der Waals surface area contributed by atoms with Gasteiger partial charge in [0.1, 0.15) is 11.5 Å². The van der Waals surface area contributed by atoms with Crippen LogP contribution in [-0.4, -0.2) is 44.0 Å². The molecule has 1 aromatic carbocycles. The minimum absolute atomic E-state index is 0.0492. The van der Waals surface area contributed by atoms with Crippen molar-refractivity contribution < 1.29 is 9.21 Å². The molecule has 3 rings (SSSR count). The summed E-state index contributed by atoms with van der Waals surface area (Å²) < 4.78 is 5.82. The van der Waals surface area contributed by atoms with Crippen molar-refractivity contribution in [2.24, 2.45) is 5.92 Å². The highest BCUT2D eigenvalue weighted by Crippen LogP contribution is 2.24. The first-order valence-corrected chi connectivity index (χ1v) is 10.00. The maximum absolute atomic E-state index is 12.2. The molecule has 2 aromatic rings. The highest BCUT2D eigenvalue weighted by atomic mass is 35.5. The van der Waals surface area contributed by atoms with Crippen LogP contribution in [0.15, 0.2) is 40.8 Å². The smallest absolute Gasteiger partial charge is 0.234 e. The van der Waals surface area contributed by atoms with Crippen LogP contribution in [-0.2, 0) is 11.3 Å². The predicted octanol–water partition coefficient (Wildman–Crippen LogP) is 3.54.